The molecule has 0 spiro atoms. The van der Waals surface area contributed by atoms with E-state index in [0.29, 0.717) is 12.6 Å². The summed E-state index contributed by atoms with van der Waals surface area (Å²) in [4.78, 5) is 2.24. The number of hydrogen-bond acceptors (Lipinski definition) is 2. The van der Waals surface area contributed by atoms with Gasteiger partial charge in [-0.3, -0.25) is 4.90 Å². The summed E-state index contributed by atoms with van der Waals surface area (Å²) in [6.07, 6.45) is 0. The van der Waals surface area contributed by atoms with Crippen LogP contribution < -0.4 is 5.73 Å². The quantitative estimate of drug-likeness (QED) is 0.826. The van der Waals surface area contributed by atoms with Crippen molar-refractivity contribution >= 4 is 17.3 Å². The molecule has 0 aliphatic heterocycles. The molecule has 2 rings (SSSR count). The van der Waals surface area contributed by atoms with Gasteiger partial charge in [-0.1, -0.05) is 35.9 Å². The molecule has 0 aliphatic carbocycles. The van der Waals surface area contributed by atoms with Crippen LogP contribution in [0.3, 0.4) is 0 Å². The second-order valence-corrected chi connectivity index (χ2v) is 5.83. The standard InChI is InChI=1S/C17H20ClFN2/c1-12(2)21(10-13-6-8-15(20)9-7-13)11-14-4-3-5-16(19)17(14)18/h3-9,12H,10-11,20H2,1-2H3. The molecule has 0 atom stereocenters. The molecule has 0 unspecified atom stereocenters. The Morgan fingerprint density at radius 2 is 1.76 bits per heavy atom. The third kappa shape index (κ3) is 4.19. The van der Waals surface area contributed by atoms with E-state index in [4.69, 9.17) is 17.3 Å². The van der Waals surface area contributed by atoms with Crippen molar-refractivity contribution in [1.82, 2.24) is 4.90 Å². The van der Waals surface area contributed by atoms with Gasteiger partial charge in [-0.25, -0.2) is 4.39 Å². The van der Waals surface area contributed by atoms with Crippen LogP contribution in [-0.2, 0) is 13.1 Å². The highest BCUT2D eigenvalue weighted by molar-refractivity contribution is 6.31. The van der Waals surface area contributed by atoms with E-state index in [-0.39, 0.29) is 10.8 Å². The first-order valence-corrected chi connectivity index (χ1v) is 7.36. The number of rotatable bonds is 5. The van der Waals surface area contributed by atoms with E-state index in [2.05, 4.69) is 18.7 Å². The van der Waals surface area contributed by atoms with Crippen LogP contribution in [0.5, 0.6) is 0 Å². The Morgan fingerprint density at radius 1 is 1.10 bits per heavy atom. The fourth-order valence-corrected chi connectivity index (χ4v) is 2.35. The maximum atomic E-state index is 13.5. The molecule has 2 aromatic rings. The Kier molecular flexibility index (Phi) is 5.21. The van der Waals surface area contributed by atoms with Gasteiger partial charge in [-0.2, -0.15) is 0 Å². The van der Waals surface area contributed by atoms with Gasteiger partial charge in [-0.05, 0) is 43.2 Å². The van der Waals surface area contributed by atoms with Crippen LogP contribution in [-0.4, -0.2) is 10.9 Å². The number of hydrogen-bond donors (Lipinski definition) is 1. The monoisotopic (exact) mass is 306 g/mol. The number of halogens is 2. The number of nitrogens with zero attached hydrogens (tertiary/aromatic N) is 1. The lowest BCUT2D eigenvalue weighted by Crippen LogP contribution is -2.30. The minimum atomic E-state index is -0.370. The molecule has 2 aromatic carbocycles. The van der Waals surface area contributed by atoms with E-state index < -0.39 is 0 Å². The highest BCUT2D eigenvalue weighted by Gasteiger charge is 2.14. The summed E-state index contributed by atoms with van der Waals surface area (Å²) in [6, 6.07) is 13.1. The van der Waals surface area contributed by atoms with Crippen LogP contribution in [0.15, 0.2) is 42.5 Å². The van der Waals surface area contributed by atoms with Gasteiger partial charge in [0.1, 0.15) is 5.82 Å². The SMILES string of the molecule is CC(C)N(Cc1ccc(N)cc1)Cc1cccc(F)c1Cl. The van der Waals surface area contributed by atoms with Gasteiger partial charge in [0.2, 0.25) is 0 Å². The first-order chi connectivity index (χ1) is 9.97. The first kappa shape index (κ1) is 15.8. The van der Waals surface area contributed by atoms with Crippen molar-refractivity contribution in [1.29, 1.82) is 0 Å². The van der Waals surface area contributed by atoms with Crippen LogP contribution in [0, 0.1) is 5.82 Å². The molecule has 0 saturated carbocycles. The summed E-state index contributed by atoms with van der Waals surface area (Å²) in [7, 11) is 0. The van der Waals surface area contributed by atoms with Crippen molar-refractivity contribution in [2.75, 3.05) is 5.73 Å². The maximum absolute atomic E-state index is 13.5. The molecule has 0 saturated heterocycles. The van der Waals surface area contributed by atoms with Crippen LogP contribution in [0.2, 0.25) is 5.02 Å². The van der Waals surface area contributed by atoms with Crippen molar-refractivity contribution in [2.24, 2.45) is 0 Å². The normalized spacial score (nSPS) is 11.3. The smallest absolute Gasteiger partial charge is 0.142 e. The summed E-state index contributed by atoms with van der Waals surface area (Å²) >= 11 is 6.05. The lowest BCUT2D eigenvalue weighted by molar-refractivity contribution is 0.203. The van der Waals surface area contributed by atoms with Crippen molar-refractivity contribution in [3.8, 4) is 0 Å². The zero-order valence-corrected chi connectivity index (χ0v) is 13.1. The minimum absolute atomic E-state index is 0.209. The highest BCUT2D eigenvalue weighted by atomic mass is 35.5. The summed E-state index contributed by atoms with van der Waals surface area (Å²) < 4.78 is 13.5. The average Bonchev–Trinajstić information content (AvgIpc) is 2.45. The number of nitrogen functional groups attached to an aromatic ring is 1. The molecular formula is C17H20ClFN2. The number of benzene rings is 2. The predicted molar refractivity (Wildman–Crippen MR) is 86.6 cm³/mol. The molecule has 0 bridgehead atoms. The molecule has 0 amide bonds. The lowest BCUT2D eigenvalue weighted by Gasteiger charge is -2.27. The molecule has 0 heterocycles. The minimum Gasteiger partial charge on any atom is -0.399 e. The van der Waals surface area contributed by atoms with Crippen molar-refractivity contribution in [3.63, 3.8) is 0 Å². The van der Waals surface area contributed by atoms with Gasteiger partial charge in [-0.15, -0.1) is 0 Å². The summed E-state index contributed by atoms with van der Waals surface area (Å²) in [5, 5.41) is 0.209. The molecule has 2 N–H and O–H groups in total. The number of anilines is 1. The van der Waals surface area contributed by atoms with E-state index in [9.17, 15) is 4.39 Å². The van der Waals surface area contributed by atoms with Crippen molar-refractivity contribution < 1.29 is 4.39 Å². The molecule has 0 aliphatic rings. The Balaban J connectivity index is 2.16. The molecular weight excluding hydrogens is 287 g/mol. The maximum Gasteiger partial charge on any atom is 0.142 e. The second-order valence-electron chi connectivity index (χ2n) is 5.45. The van der Waals surface area contributed by atoms with Gasteiger partial charge >= 0.3 is 0 Å². The van der Waals surface area contributed by atoms with Gasteiger partial charge < -0.3 is 5.73 Å². The molecule has 0 radical (unpaired) electrons. The van der Waals surface area contributed by atoms with E-state index in [0.717, 1.165) is 17.8 Å². The van der Waals surface area contributed by atoms with E-state index in [1.807, 2.05) is 30.3 Å². The molecule has 21 heavy (non-hydrogen) atoms. The molecule has 112 valence electrons. The summed E-state index contributed by atoms with van der Waals surface area (Å²) in [6.45, 7) is 5.61. The topological polar surface area (TPSA) is 29.3 Å². The fourth-order valence-electron chi connectivity index (χ4n) is 2.17. The Bertz CT molecular complexity index is 596. The third-order valence-corrected chi connectivity index (χ3v) is 3.92. The number of nitrogens with two attached hydrogens (primary N) is 1. The van der Waals surface area contributed by atoms with E-state index in [1.165, 1.54) is 11.6 Å². The van der Waals surface area contributed by atoms with Crippen molar-refractivity contribution in [3.05, 3.63) is 64.4 Å². The Labute approximate surface area is 130 Å². The van der Waals surface area contributed by atoms with Crippen molar-refractivity contribution in [2.45, 2.75) is 33.0 Å². The summed E-state index contributed by atoms with van der Waals surface area (Å²) in [5.41, 5.74) is 8.44. The largest absolute Gasteiger partial charge is 0.399 e. The third-order valence-electron chi connectivity index (χ3n) is 3.50. The van der Waals surface area contributed by atoms with Gasteiger partial charge in [0.05, 0.1) is 5.02 Å². The van der Waals surface area contributed by atoms with E-state index in [1.54, 1.807) is 6.07 Å². The zero-order chi connectivity index (χ0) is 15.4. The molecule has 2 nitrogen and oxygen atoms in total. The zero-order valence-electron chi connectivity index (χ0n) is 12.3. The molecule has 0 fully saturated rings. The Morgan fingerprint density at radius 3 is 2.38 bits per heavy atom. The molecule has 0 aromatic heterocycles. The van der Waals surface area contributed by atoms with Gasteiger partial charge in [0.15, 0.2) is 0 Å². The lowest BCUT2D eigenvalue weighted by atomic mass is 10.1. The Hall–Kier alpha value is -1.58. The first-order valence-electron chi connectivity index (χ1n) is 6.98. The summed E-state index contributed by atoms with van der Waals surface area (Å²) in [5.74, 6) is -0.370. The second kappa shape index (κ2) is 6.92. The van der Waals surface area contributed by atoms with Crippen LogP contribution in [0.4, 0.5) is 10.1 Å². The van der Waals surface area contributed by atoms with E-state index >= 15 is 0 Å². The average molecular weight is 307 g/mol. The molecule has 4 heteroatoms. The van der Waals surface area contributed by atoms with Crippen LogP contribution >= 0.6 is 11.6 Å². The fraction of sp³-hybridized carbons (Fsp3) is 0.294. The van der Waals surface area contributed by atoms with Gasteiger partial charge in [0.25, 0.3) is 0 Å². The predicted octanol–water partition coefficient (Wildman–Crippen LogP) is 4.47. The van der Waals surface area contributed by atoms with Crippen LogP contribution in [0.25, 0.3) is 0 Å². The highest BCUT2D eigenvalue weighted by Crippen LogP contribution is 2.23. The van der Waals surface area contributed by atoms with Crippen LogP contribution in [0.1, 0.15) is 25.0 Å². The van der Waals surface area contributed by atoms with Gasteiger partial charge in [0, 0.05) is 24.8 Å².